The van der Waals surface area contributed by atoms with E-state index in [2.05, 4.69) is 10.1 Å². The molecule has 0 atom stereocenters. The van der Waals surface area contributed by atoms with Crippen LogP contribution in [-0.2, 0) is 14.3 Å². The highest BCUT2D eigenvalue weighted by Crippen LogP contribution is 1.98. The number of carbonyl (C=O) groups excluding carboxylic acids is 3. The summed E-state index contributed by atoms with van der Waals surface area (Å²) < 4.78 is 4.49. The third-order valence-electron chi connectivity index (χ3n) is 2.27. The first-order valence-corrected chi connectivity index (χ1v) is 4.88. The van der Waals surface area contributed by atoms with Crippen LogP contribution in [0.5, 0.6) is 0 Å². The van der Waals surface area contributed by atoms with Gasteiger partial charge in [0.1, 0.15) is 0 Å². The van der Waals surface area contributed by atoms with E-state index in [1.165, 1.54) is 7.11 Å². The number of imide groups is 1. The van der Waals surface area contributed by atoms with Gasteiger partial charge in [-0.1, -0.05) is 0 Å². The molecule has 0 aliphatic carbocycles. The number of rotatable bonds is 5. The maximum atomic E-state index is 11.2. The van der Waals surface area contributed by atoms with E-state index >= 15 is 0 Å². The molecule has 0 bridgehead atoms. The normalized spacial score (nSPS) is 15.6. The number of nitrogens with one attached hydrogen (secondary N) is 1. The van der Waals surface area contributed by atoms with E-state index in [0.29, 0.717) is 6.54 Å². The Morgan fingerprint density at radius 1 is 1.56 bits per heavy atom. The number of ether oxygens (including phenoxy) is 1. The Balaban J connectivity index is 2.31. The van der Waals surface area contributed by atoms with Crippen molar-refractivity contribution in [3.05, 3.63) is 0 Å². The molecule has 1 aliphatic rings. The van der Waals surface area contributed by atoms with Crippen molar-refractivity contribution in [1.29, 1.82) is 0 Å². The summed E-state index contributed by atoms with van der Waals surface area (Å²) in [6, 6.07) is -0.378. The van der Waals surface area contributed by atoms with Crippen molar-refractivity contribution in [3.63, 3.8) is 0 Å². The lowest BCUT2D eigenvalue weighted by atomic mass is 10.4. The van der Waals surface area contributed by atoms with Crippen LogP contribution in [0.3, 0.4) is 0 Å². The number of likely N-dealkylation sites (N-methyl/N-ethyl adjacent to an activating group) is 1. The van der Waals surface area contributed by atoms with Gasteiger partial charge in [0, 0.05) is 13.1 Å². The van der Waals surface area contributed by atoms with E-state index in [9.17, 15) is 14.4 Å². The number of hydrogen-bond acceptors (Lipinski definition) is 5. The first kappa shape index (κ1) is 12.4. The van der Waals surface area contributed by atoms with Gasteiger partial charge in [0.2, 0.25) is 5.91 Å². The molecule has 0 aromatic carbocycles. The summed E-state index contributed by atoms with van der Waals surface area (Å²) in [5.41, 5.74) is 0. The average molecular weight is 229 g/mol. The molecule has 7 heteroatoms. The Bertz CT molecular complexity index is 289. The number of urea groups is 1. The van der Waals surface area contributed by atoms with Crippen LogP contribution < -0.4 is 5.32 Å². The summed E-state index contributed by atoms with van der Waals surface area (Å²) in [5, 5.41) is 2.42. The summed E-state index contributed by atoms with van der Waals surface area (Å²) in [4.78, 5) is 36.1. The van der Waals surface area contributed by atoms with E-state index in [-0.39, 0.29) is 37.5 Å². The van der Waals surface area contributed by atoms with Gasteiger partial charge < -0.3 is 10.1 Å². The van der Waals surface area contributed by atoms with Gasteiger partial charge >= 0.3 is 12.0 Å². The van der Waals surface area contributed by atoms with Crippen molar-refractivity contribution in [2.24, 2.45) is 0 Å². The molecule has 0 aromatic rings. The highest BCUT2D eigenvalue weighted by atomic mass is 16.5. The summed E-state index contributed by atoms with van der Waals surface area (Å²) in [7, 11) is 3.03. The summed E-state index contributed by atoms with van der Waals surface area (Å²) in [5.74, 6) is -0.587. The molecule has 3 amide bonds. The summed E-state index contributed by atoms with van der Waals surface area (Å²) in [6.07, 6.45) is 0. The SMILES string of the molecule is COC(=O)CN(C)CCN1C(=O)CNC1=O. The standard InChI is InChI=1S/C9H15N3O4/c1-11(6-8(14)16-2)3-4-12-7(13)5-10-9(12)15/h3-6H2,1-2H3,(H,10,15). The number of esters is 1. The van der Waals surface area contributed by atoms with E-state index in [4.69, 9.17) is 0 Å². The minimum Gasteiger partial charge on any atom is -0.468 e. The van der Waals surface area contributed by atoms with Gasteiger partial charge in [-0.15, -0.1) is 0 Å². The molecule has 7 nitrogen and oxygen atoms in total. The summed E-state index contributed by atoms with van der Waals surface area (Å²) in [6.45, 7) is 0.909. The maximum Gasteiger partial charge on any atom is 0.324 e. The molecule has 1 fully saturated rings. The predicted molar refractivity (Wildman–Crippen MR) is 54.6 cm³/mol. The molecule has 16 heavy (non-hydrogen) atoms. The third kappa shape index (κ3) is 3.20. The second kappa shape index (κ2) is 5.45. The van der Waals surface area contributed by atoms with Gasteiger partial charge in [-0.2, -0.15) is 0 Å². The average Bonchev–Trinajstić information content (AvgIpc) is 2.56. The van der Waals surface area contributed by atoms with Crippen LogP contribution in [0, 0.1) is 0 Å². The van der Waals surface area contributed by atoms with Gasteiger partial charge in [-0.05, 0) is 7.05 Å². The topological polar surface area (TPSA) is 79.0 Å². The lowest BCUT2D eigenvalue weighted by Crippen LogP contribution is -2.39. The quantitative estimate of drug-likeness (QED) is 0.465. The van der Waals surface area contributed by atoms with Gasteiger partial charge in [-0.3, -0.25) is 19.4 Å². The Morgan fingerprint density at radius 2 is 2.25 bits per heavy atom. The monoisotopic (exact) mass is 229 g/mol. The largest absolute Gasteiger partial charge is 0.468 e. The lowest BCUT2D eigenvalue weighted by Gasteiger charge is -2.18. The van der Waals surface area contributed by atoms with Crippen LogP contribution in [-0.4, -0.2) is 68.0 Å². The molecule has 0 unspecified atom stereocenters. The Kier molecular flexibility index (Phi) is 4.24. The van der Waals surface area contributed by atoms with Crippen molar-refractivity contribution < 1.29 is 19.1 Å². The molecule has 0 saturated carbocycles. The number of amides is 3. The van der Waals surface area contributed by atoms with Crippen molar-refractivity contribution in [2.45, 2.75) is 0 Å². The molecule has 1 N–H and O–H groups in total. The van der Waals surface area contributed by atoms with E-state index in [0.717, 1.165) is 4.90 Å². The van der Waals surface area contributed by atoms with Crippen LogP contribution in [0.4, 0.5) is 4.79 Å². The lowest BCUT2D eigenvalue weighted by molar-refractivity contribution is -0.141. The number of carbonyl (C=O) groups is 3. The molecule has 0 aromatic heterocycles. The van der Waals surface area contributed by atoms with Crippen molar-refractivity contribution >= 4 is 17.9 Å². The third-order valence-corrected chi connectivity index (χ3v) is 2.27. The van der Waals surface area contributed by atoms with Crippen LogP contribution >= 0.6 is 0 Å². The highest BCUT2D eigenvalue weighted by molar-refractivity contribution is 6.01. The van der Waals surface area contributed by atoms with Crippen molar-refractivity contribution in [3.8, 4) is 0 Å². The fourth-order valence-electron chi connectivity index (χ4n) is 1.32. The fraction of sp³-hybridized carbons (Fsp3) is 0.667. The Labute approximate surface area is 93.3 Å². The van der Waals surface area contributed by atoms with Gasteiger partial charge in [-0.25, -0.2) is 4.79 Å². The van der Waals surface area contributed by atoms with E-state index < -0.39 is 0 Å². The Hall–Kier alpha value is -1.63. The zero-order valence-corrected chi connectivity index (χ0v) is 9.36. The van der Waals surface area contributed by atoms with Crippen LogP contribution in [0.25, 0.3) is 0 Å². The summed E-state index contributed by atoms with van der Waals surface area (Å²) >= 11 is 0. The molecule has 1 rings (SSSR count). The number of hydrogen-bond donors (Lipinski definition) is 1. The molecule has 1 saturated heterocycles. The number of nitrogens with zero attached hydrogens (tertiary/aromatic N) is 2. The zero-order chi connectivity index (χ0) is 12.1. The van der Waals surface area contributed by atoms with Crippen LogP contribution in [0.15, 0.2) is 0 Å². The number of methoxy groups -OCH3 is 1. The molecular formula is C9H15N3O4. The first-order valence-electron chi connectivity index (χ1n) is 4.88. The first-order chi connectivity index (χ1) is 7.54. The molecule has 0 radical (unpaired) electrons. The molecule has 1 aliphatic heterocycles. The second-order valence-corrected chi connectivity index (χ2v) is 3.52. The highest BCUT2D eigenvalue weighted by Gasteiger charge is 2.28. The molecule has 90 valence electrons. The molecule has 0 spiro atoms. The minimum absolute atomic E-state index is 0.0551. The van der Waals surface area contributed by atoms with Gasteiger partial charge in [0.05, 0.1) is 20.2 Å². The van der Waals surface area contributed by atoms with Crippen molar-refractivity contribution in [2.75, 3.05) is 40.3 Å². The second-order valence-electron chi connectivity index (χ2n) is 3.52. The van der Waals surface area contributed by atoms with Gasteiger partial charge in [0.15, 0.2) is 0 Å². The minimum atomic E-state index is -0.378. The smallest absolute Gasteiger partial charge is 0.324 e. The molecule has 1 heterocycles. The Morgan fingerprint density at radius 3 is 2.75 bits per heavy atom. The van der Waals surface area contributed by atoms with Crippen LogP contribution in [0.2, 0.25) is 0 Å². The van der Waals surface area contributed by atoms with E-state index in [1.54, 1.807) is 11.9 Å². The van der Waals surface area contributed by atoms with Crippen molar-refractivity contribution in [1.82, 2.24) is 15.1 Å². The van der Waals surface area contributed by atoms with Gasteiger partial charge in [0.25, 0.3) is 0 Å². The van der Waals surface area contributed by atoms with E-state index in [1.807, 2.05) is 0 Å². The fourth-order valence-corrected chi connectivity index (χ4v) is 1.32. The van der Waals surface area contributed by atoms with Crippen LogP contribution in [0.1, 0.15) is 0 Å². The predicted octanol–water partition coefficient (Wildman–Crippen LogP) is -1.36. The maximum absolute atomic E-state index is 11.2. The molecular weight excluding hydrogens is 214 g/mol. The zero-order valence-electron chi connectivity index (χ0n) is 9.36.